The van der Waals surface area contributed by atoms with Gasteiger partial charge in [0.2, 0.25) is 11.8 Å². The molecule has 3 saturated carbocycles. The van der Waals surface area contributed by atoms with Crippen LogP contribution in [0.4, 0.5) is 0 Å². The molecule has 3 saturated heterocycles. The van der Waals surface area contributed by atoms with Crippen molar-refractivity contribution in [1.29, 1.82) is 0 Å². The highest BCUT2D eigenvalue weighted by atomic mass is 16.5. The first-order chi connectivity index (χ1) is 20.0. The third kappa shape index (κ3) is 4.62. The molecule has 3 heterocycles. The number of carbonyl (C=O) groups is 2. The Balaban J connectivity index is 0.995. The molecule has 0 radical (unpaired) electrons. The van der Waals surface area contributed by atoms with Crippen molar-refractivity contribution in [1.82, 2.24) is 20.4 Å². The lowest BCUT2D eigenvalue weighted by Crippen LogP contribution is -2.57. The Morgan fingerprint density at radius 2 is 1.83 bits per heavy atom. The number of carbonyl (C=O) groups excluding carboxylic acids is 2. The molecule has 0 aromatic rings. The zero-order valence-corrected chi connectivity index (χ0v) is 26.9. The van der Waals surface area contributed by atoms with Crippen LogP contribution in [0.25, 0.3) is 0 Å². The van der Waals surface area contributed by atoms with E-state index in [0.717, 1.165) is 75.7 Å². The third-order valence-corrected chi connectivity index (χ3v) is 14.1. The summed E-state index contributed by atoms with van der Waals surface area (Å²) in [6.45, 7) is 14.4. The number of allylic oxidation sites excluding steroid dienone is 1. The van der Waals surface area contributed by atoms with E-state index in [0.29, 0.717) is 23.4 Å². The highest BCUT2D eigenvalue weighted by Crippen LogP contribution is 2.70. The van der Waals surface area contributed by atoms with Crippen molar-refractivity contribution in [3.8, 4) is 0 Å². The molecule has 7 nitrogen and oxygen atoms in total. The zero-order chi connectivity index (χ0) is 29.4. The van der Waals surface area contributed by atoms with Gasteiger partial charge in [-0.3, -0.25) is 14.9 Å². The van der Waals surface area contributed by atoms with Gasteiger partial charge in [0.25, 0.3) is 0 Å². The molecule has 0 bridgehead atoms. The van der Waals surface area contributed by atoms with Gasteiger partial charge >= 0.3 is 0 Å². The molecule has 1 spiro atoms. The fraction of sp³-hybridized carbons (Fsp3) is 0.886. The summed E-state index contributed by atoms with van der Waals surface area (Å²) in [6, 6.07) is 0.157. The number of fused-ring (bicyclic) bond motifs is 7. The van der Waals surface area contributed by atoms with E-state index in [1.165, 1.54) is 38.5 Å². The third-order valence-electron chi connectivity index (χ3n) is 14.1. The number of ether oxygens (including phenoxy) is 1. The number of piperidine rings is 1. The topological polar surface area (TPSA) is 73.9 Å². The highest BCUT2D eigenvalue weighted by molar-refractivity contribution is 5.97. The average molecular weight is 581 g/mol. The minimum Gasteiger partial charge on any atom is -0.357 e. The summed E-state index contributed by atoms with van der Waals surface area (Å²) >= 11 is 0. The van der Waals surface area contributed by atoms with E-state index in [9.17, 15) is 9.59 Å². The van der Waals surface area contributed by atoms with Crippen LogP contribution in [0.2, 0.25) is 0 Å². The second kappa shape index (κ2) is 10.6. The molecule has 234 valence electrons. The van der Waals surface area contributed by atoms with Crippen molar-refractivity contribution in [2.75, 3.05) is 39.8 Å². The molecular formula is C35H56N4O3. The Labute approximate surface area is 253 Å². The van der Waals surface area contributed by atoms with Crippen molar-refractivity contribution in [3.63, 3.8) is 0 Å². The van der Waals surface area contributed by atoms with E-state index in [1.54, 1.807) is 5.57 Å². The van der Waals surface area contributed by atoms with E-state index in [-0.39, 0.29) is 35.4 Å². The quantitative estimate of drug-likeness (QED) is 0.378. The summed E-state index contributed by atoms with van der Waals surface area (Å²) < 4.78 is 7.07. The van der Waals surface area contributed by atoms with Gasteiger partial charge in [-0.05, 0) is 105 Å². The Morgan fingerprint density at radius 1 is 1.05 bits per heavy atom. The van der Waals surface area contributed by atoms with E-state index >= 15 is 0 Å². The Bertz CT molecular complexity index is 1110. The predicted octanol–water partition coefficient (Wildman–Crippen LogP) is 4.57. The second-order valence-electron chi connectivity index (χ2n) is 16.3. The van der Waals surface area contributed by atoms with E-state index in [1.807, 2.05) is 4.90 Å². The maximum absolute atomic E-state index is 12.9. The molecule has 42 heavy (non-hydrogen) atoms. The summed E-state index contributed by atoms with van der Waals surface area (Å²) in [4.78, 5) is 29.7. The van der Waals surface area contributed by atoms with Crippen LogP contribution >= 0.6 is 0 Å². The first kappa shape index (κ1) is 29.3. The second-order valence-corrected chi connectivity index (χ2v) is 16.3. The first-order valence-electron chi connectivity index (χ1n) is 17.4. The lowest BCUT2D eigenvalue weighted by atomic mass is 9.46. The van der Waals surface area contributed by atoms with Crippen LogP contribution in [0, 0.1) is 46.3 Å². The highest BCUT2D eigenvalue weighted by Gasteiger charge is 2.68. The Hall–Kier alpha value is -1.44. The van der Waals surface area contributed by atoms with Crippen LogP contribution in [0.5, 0.6) is 0 Å². The van der Waals surface area contributed by atoms with Gasteiger partial charge in [-0.1, -0.05) is 39.3 Å². The fourth-order valence-electron chi connectivity index (χ4n) is 11.6. The monoisotopic (exact) mass is 580 g/mol. The molecule has 7 heteroatoms. The SMILES string of the molecule is C[C@@H]1CC[C@@]2(NC1)O[C@H]1C[C@H]3[C@@H]4CC=C5C[C@H](NC(=O)CC(=O)N6CCN(C)CC6)CC[C@]5(C)[C@H]4CC[C@]3(C)[C@H]1[C@@H]2C. The van der Waals surface area contributed by atoms with Gasteiger partial charge in [-0.25, -0.2) is 0 Å². The summed E-state index contributed by atoms with van der Waals surface area (Å²) in [5.41, 5.74) is 2.11. The molecule has 6 fully saturated rings. The van der Waals surface area contributed by atoms with Crippen LogP contribution in [0.1, 0.15) is 91.9 Å². The smallest absolute Gasteiger partial charge is 0.232 e. The lowest BCUT2D eigenvalue weighted by molar-refractivity contribution is -0.137. The molecule has 3 aliphatic heterocycles. The Morgan fingerprint density at radius 3 is 2.57 bits per heavy atom. The summed E-state index contributed by atoms with van der Waals surface area (Å²) in [6.07, 6.45) is 13.6. The largest absolute Gasteiger partial charge is 0.357 e. The van der Waals surface area contributed by atoms with Crippen LogP contribution in [0.3, 0.4) is 0 Å². The maximum atomic E-state index is 12.9. The minimum absolute atomic E-state index is 0.0137. The number of rotatable bonds is 3. The van der Waals surface area contributed by atoms with Crippen molar-refractivity contribution in [3.05, 3.63) is 11.6 Å². The van der Waals surface area contributed by atoms with Crippen molar-refractivity contribution in [2.24, 2.45) is 46.3 Å². The van der Waals surface area contributed by atoms with Crippen molar-refractivity contribution < 1.29 is 14.3 Å². The number of hydrogen-bond acceptors (Lipinski definition) is 5. The zero-order valence-electron chi connectivity index (χ0n) is 26.9. The van der Waals surface area contributed by atoms with E-state index < -0.39 is 0 Å². The number of nitrogens with zero attached hydrogens (tertiary/aromatic N) is 2. The van der Waals surface area contributed by atoms with Gasteiger partial charge in [-0.15, -0.1) is 0 Å². The van der Waals surface area contributed by atoms with Gasteiger partial charge in [-0.2, -0.15) is 0 Å². The number of amides is 2. The predicted molar refractivity (Wildman–Crippen MR) is 164 cm³/mol. The molecule has 11 atom stereocenters. The summed E-state index contributed by atoms with van der Waals surface area (Å²) in [7, 11) is 2.08. The van der Waals surface area contributed by atoms with Crippen LogP contribution in [-0.2, 0) is 14.3 Å². The summed E-state index contributed by atoms with van der Waals surface area (Å²) in [5.74, 6) is 4.12. The van der Waals surface area contributed by atoms with Crippen LogP contribution in [-0.4, -0.2) is 79.3 Å². The van der Waals surface area contributed by atoms with Crippen molar-refractivity contribution >= 4 is 11.8 Å². The molecular weight excluding hydrogens is 524 g/mol. The van der Waals surface area contributed by atoms with Gasteiger partial charge in [0, 0.05) is 44.7 Å². The molecule has 2 N–H and O–H groups in total. The van der Waals surface area contributed by atoms with Gasteiger partial charge < -0.3 is 19.9 Å². The molecule has 7 rings (SSSR count). The minimum atomic E-state index is -0.0958. The number of nitrogens with one attached hydrogen (secondary N) is 2. The molecule has 7 aliphatic rings. The normalized spacial score (nSPS) is 48.6. The fourth-order valence-corrected chi connectivity index (χ4v) is 11.6. The average Bonchev–Trinajstić information content (AvgIpc) is 3.40. The van der Waals surface area contributed by atoms with Gasteiger partial charge in [0.15, 0.2) is 0 Å². The van der Waals surface area contributed by atoms with Crippen LogP contribution < -0.4 is 10.6 Å². The number of likely N-dealkylation sites (N-methyl/N-ethyl adjacent to an activating group) is 1. The standard InChI is InChI=1S/C35H56N4O3/c1-22-8-13-35(36-21-22)23(2)32-29(42-35)19-28-26-7-6-24-18-25(9-11-33(24,3)27(26)10-12-34(28,32)4)37-30(40)20-31(41)39-16-14-38(5)15-17-39/h6,22-23,25-29,32,36H,7-21H2,1-5H3,(H,37,40)/t22-,23+,25-,26-,27+,28+,29+,32+,33+,34+,35-/m1/s1. The van der Waals surface area contributed by atoms with Crippen molar-refractivity contribution in [2.45, 2.75) is 110 Å². The molecule has 2 amide bonds. The lowest BCUT2D eigenvalue weighted by Gasteiger charge is -2.58. The number of piperazine rings is 1. The molecule has 4 aliphatic carbocycles. The Kier molecular flexibility index (Phi) is 7.38. The molecule has 0 unspecified atom stereocenters. The maximum Gasteiger partial charge on any atom is 0.232 e. The van der Waals surface area contributed by atoms with E-state index in [2.05, 4.69) is 56.4 Å². The van der Waals surface area contributed by atoms with Crippen LogP contribution in [0.15, 0.2) is 11.6 Å². The molecule has 0 aromatic carbocycles. The molecule has 0 aromatic heterocycles. The number of hydrogen-bond donors (Lipinski definition) is 2. The summed E-state index contributed by atoms with van der Waals surface area (Å²) in [5, 5.41) is 7.16. The van der Waals surface area contributed by atoms with Gasteiger partial charge in [0.05, 0.1) is 6.10 Å². The first-order valence-corrected chi connectivity index (χ1v) is 17.4. The van der Waals surface area contributed by atoms with Gasteiger partial charge in [0.1, 0.15) is 12.1 Å². The van der Waals surface area contributed by atoms with E-state index in [4.69, 9.17) is 4.74 Å².